The van der Waals surface area contributed by atoms with Crippen LogP contribution in [-0.2, 0) is 0 Å². The largest absolute Gasteiger partial charge is 0.497 e. The van der Waals surface area contributed by atoms with Crippen molar-refractivity contribution in [1.29, 1.82) is 0 Å². The second kappa shape index (κ2) is 5.67. The molecule has 20 heavy (non-hydrogen) atoms. The summed E-state index contributed by atoms with van der Waals surface area (Å²) >= 11 is 0. The van der Waals surface area contributed by atoms with Crippen molar-refractivity contribution in [1.82, 2.24) is 15.1 Å². The van der Waals surface area contributed by atoms with Gasteiger partial charge in [-0.25, -0.2) is 4.68 Å². The highest BCUT2D eigenvalue weighted by Gasteiger charge is 2.20. The van der Waals surface area contributed by atoms with Crippen molar-refractivity contribution < 1.29 is 4.74 Å². The monoisotopic (exact) mass is 271 g/mol. The Hall–Kier alpha value is -1.81. The lowest BCUT2D eigenvalue weighted by atomic mass is 9.92. The first-order valence-electron chi connectivity index (χ1n) is 7.19. The Balaban J connectivity index is 1.92. The fourth-order valence-electron chi connectivity index (χ4n) is 2.94. The normalized spacial score (nSPS) is 19.0. The van der Waals surface area contributed by atoms with Crippen molar-refractivity contribution in [3.05, 3.63) is 41.7 Å². The van der Waals surface area contributed by atoms with E-state index in [0.29, 0.717) is 5.92 Å². The zero-order valence-electron chi connectivity index (χ0n) is 12.1. The van der Waals surface area contributed by atoms with Crippen LogP contribution in [0.3, 0.4) is 0 Å². The molecule has 0 bridgehead atoms. The molecule has 0 spiro atoms. The van der Waals surface area contributed by atoms with Crippen LogP contribution in [0, 0.1) is 6.92 Å². The van der Waals surface area contributed by atoms with Crippen LogP contribution in [0.4, 0.5) is 0 Å². The van der Waals surface area contributed by atoms with Crippen LogP contribution in [0.1, 0.15) is 30.0 Å². The van der Waals surface area contributed by atoms with Gasteiger partial charge in [-0.2, -0.15) is 5.10 Å². The quantitative estimate of drug-likeness (QED) is 0.933. The van der Waals surface area contributed by atoms with Gasteiger partial charge < -0.3 is 10.1 Å². The fraction of sp³-hybridized carbons (Fsp3) is 0.438. The fourth-order valence-corrected chi connectivity index (χ4v) is 2.94. The predicted molar refractivity (Wildman–Crippen MR) is 79.7 cm³/mol. The number of ether oxygens (including phenoxy) is 1. The Morgan fingerprint density at radius 1 is 1.40 bits per heavy atom. The minimum Gasteiger partial charge on any atom is -0.497 e. The minimum absolute atomic E-state index is 0.586. The zero-order valence-corrected chi connectivity index (χ0v) is 12.1. The molecular formula is C16H21N3O. The number of aromatic nitrogens is 2. The van der Waals surface area contributed by atoms with Gasteiger partial charge in [0.25, 0.3) is 0 Å². The molecule has 1 fully saturated rings. The average molecular weight is 271 g/mol. The highest BCUT2D eigenvalue weighted by Crippen LogP contribution is 2.27. The lowest BCUT2D eigenvalue weighted by molar-refractivity contribution is 0.414. The second-order valence-electron chi connectivity index (χ2n) is 5.34. The molecule has 1 N–H and O–H groups in total. The third kappa shape index (κ3) is 2.43. The van der Waals surface area contributed by atoms with Crippen molar-refractivity contribution >= 4 is 0 Å². The number of hydrogen-bond acceptors (Lipinski definition) is 3. The van der Waals surface area contributed by atoms with Crippen molar-refractivity contribution in [2.75, 3.05) is 20.2 Å². The van der Waals surface area contributed by atoms with Crippen molar-refractivity contribution in [3.8, 4) is 11.4 Å². The van der Waals surface area contributed by atoms with Gasteiger partial charge in [0.15, 0.2) is 0 Å². The number of benzene rings is 1. The first kappa shape index (κ1) is 13.2. The molecular weight excluding hydrogens is 250 g/mol. The van der Waals surface area contributed by atoms with Gasteiger partial charge in [-0.3, -0.25) is 0 Å². The maximum Gasteiger partial charge on any atom is 0.121 e. The molecule has 1 unspecified atom stereocenters. The molecule has 0 amide bonds. The molecule has 4 nitrogen and oxygen atoms in total. The van der Waals surface area contributed by atoms with Crippen molar-refractivity contribution in [2.45, 2.75) is 25.7 Å². The molecule has 3 rings (SSSR count). The van der Waals surface area contributed by atoms with E-state index < -0.39 is 0 Å². The molecule has 0 radical (unpaired) electrons. The van der Waals surface area contributed by atoms with Gasteiger partial charge in [0.05, 0.1) is 19.0 Å². The Bertz CT molecular complexity index is 585. The average Bonchev–Trinajstić information content (AvgIpc) is 2.90. The van der Waals surface area contributed by atoms with Gasteiger partial charge in [-0.1, -0.05) is 6.07 Å². The van der Waals surface area contributed by atoms with Crippen LogP contribution in [0.15, 0.2) is 30.5 Å². The van der Waals surface area contributed by atoms with Crippen molar-refractivity contribution in [3.63, 3.8) is 0 Å². The van der Waals surface area contributed by atoms with Gasteiger partial charge in [-0.05, 0) is 49.9 Å². The molecule has 1 aliphatic rings. The van der Waals surface area contributed by atoms with Crippen LogP contribution in [0.5, 0.6) is 5.75 Å². The van der Waals surface area contributed by atoms with Gasteiger partial charge in [-0.15, -0.1) is 0 Å². The van der Waals surface area contributed by atoms with E-state index in [-0.39, 0.29) is 0 Å². The smallest absolute Gasteiger partial charge is 0.121 e. The summed E-state index contributed by atoms with van der Waals surface area (Å²) < 4.78 is 7.29. The lowest BCUT2D eigenvalue weighted by Gasteiger charge is -2.22. The number of hydrogen-bond donors (Lipinski definition) is 1. The molecule has 1 saturated heterocycles. The van der Waals surface area contributed by atoms with E-state index in [1.807, 2.05) is 29.1 Å². The third-order valence-electron chi connectivity index (χ3n) is 4.08. The van der Waals surface area contributed by atoms with Crippen LogP contribution < -0.4 is 10.1 Å². The van der Waals surface area contributed by atoms with E-state index in [1.165, 1.54) is 24.1 Å². The molecule has 2 heterocycles. The number of nitrogens with one attached hydrogen (secondary N) is 1. The highest BCUT2D eigenvalue weighted by molar-refractivity contribution is 5.41. The van der Waals surface area contributed by atoms with E-state index in [9.17, 15) is 0 Å². The number of rotatable bonds is 3. The van der Waals surface area contributed by atoms with Gasteiger partial charge >= 0.3 is 0 Å². The SMILES string of the molecule is COc1cccc(-n2ncc(C3CCCNC3)c2C)c1. The summed E-state index contributed by atoms with van der Waals surface area (Å²) in [5.74, 6) is 1.45. The van der Waals surface area contributed by atoms with Crippen LogP contribution >= 0.6 is 0 Å². The Morgan fingerprint density at radius 2 is 2.30 bits per heavy atom. The molecule has 1 aromatic carbocycles. The number of piperidine rings is 1. The first-order valence-corrected chi connectivity index (χ1v) is 7.19. The van der Waals surface area contributed by atoms with Gasteiger partial charge in [0, 0.05) is 18.3 Å². The summed E-state index contributed by atoms with van der Waals surface area (Å²) in [7, 11) is 1.69. The van der Waals surface area contributed by atoms with Crippen LogP contribution in [-0.4, -0.2) is 30.0 Å². The van der Waals surface area contributed by atoms with E-state index in [2.05, 4.69) is 23.4 Å². The topological polar surface area (TPSA) is 39.1 Å². The molecule has 4 heteroatoms. The third-order valence-corrected chi connectivity index (χ3v) is 4.08. The summed E-state index contributed by atoms with van der Waals surface area (Å²) in [6.45, 7) is 4.35. The van der Waals surface area contributed by atoms with E-state index in [0.717, 1.165) is 24.5 Å². The maximum atomic E-state index is 5.29. The Morgan fingerprint density at radius 3 is 3.05 bits per heavy atom. The Kier molecular flexibility index (Phi) is 3.74. The summed E-state index contributed by atoms with van der Waals surface area (Å²) in [6.07, 6.45) is 4.51. The molecule has 1 atom stereocenters. The number of methoxy groups -OCH3 is 1. The zero-order chi connectivity index (χ0) is 13.9. The maximum absolute atomic E-state index is 5.29. The molecule has 1 aliphatic heterocycles. The van der Waals surface area contributed by atoms with Crippen molar-refractivity contribution in [2.24, 2.45) is 0 Å². The van der Waals surface area contributed by atoms with E-state index in [4.69, 9.17) is 4.74 Å². The summed E-state index contributed by atoms with van der Waals surface area (Å²) in [5, 5.41) is 8.04. The van der Waals surface area contributed by atoms with E-state index in [1.54, 1.807) is 7.11 Å². The summed E-state index contributed by atoms with van der Waals surface area (Å²) in [6, 6.07) is 8.03. The Labute approximate surface area is 119 Å². The molecule has 2 aromatic rings. The standard InChI is InChI=1S/C16H21N3O/c1-12-16(13-5-4-8-17-10-13)11-18-19(12)14-6-3-7-15(9-14)20-2/h3,6-7,9,11,13,17H,4-5,8,10H2,1-2H3. The summed E-state index contributed by atoms with van der Waals surface area (Å²) in [4.78, 5) is 0. The summed E-state index contributed by atoms with van der Waals surface area (Å²) in [5.41, 5.74) is 3.64. The second-order valence-corrected chi connectivity index (χ2v) is 5.34. The highest BCUT2D eigenvalue weighted by atomic mass is 16.5. The molecule has 0 saturated carbocycles. The minimum atomic E-state index is 0.586. The lowest BCUT2D eigenvalue weighted by Crippen LogP contribution is -2.28. The van der Waals surface area contributed by atoms with Gasteiger partial charge in [0.2, 0.25) is 0 Å². The molecule has 1 aromatic heterocycles. The molecule has 106 valence electrons. The molecule has 0 aliphatic carbocycles. The van der Waals surface area contributed by atoms with Gasteiger partial charge in [0.1, 0.15) is 5.75 Å². The van der Waals surface area contributed by atoms with E-state index >= 15 is 0 Å². The van der Waals surface area contributed by atoms with Crippen LogP contribution in [0.25, 0.3) is 5.69 Å². The van der Waals surface area contributed by atoms with Crippen LogP contribution in [0.2, 0.25) is 0 Å². The number of nitrogens with zero attached hydrogens (tertiary/aromatic N) is 2. The predicted octanol–water partition coefficient (Wildman–Crippen LogP) is 2.66. The first-order chi connectivity index (χ1) is 9.79.